The third-order valence-electron chi connectivity index (χ3n) is 4.32. The first-order valence-corrected chi connectivity index (χ1v) is 9.57. The fourth-order valence-electron chi connectivity index (χ4n) is 2.97. The number of aliphatic carboxylic acids is 1. The van der Waals surface area contributed by atoms with Gasteiger partial charge in [0.2, 0.25) is 0 Å². The Bertz CT molecular complexity index is 934. The largest absolute Gasteiger partial charge is 0.480 e. The number of amides is 1. The summed E-state index contributed by atoms with van der Waals surface area (Å²) in [6, 6.07) is 12.0. The van der Waals surface area contributed by atoms with Crippen molar-refractivity contribution in [1.29, 1.82) is 0 Å². The minimum atomic E-state index is -3.35. The van der Waals surface area contributed by atoms with Crippen LogP contribution in [-0.4, -0.2) is 42.6 Å². The van der Waals surface area contributed by atoms with Crippen LogP contribution in [0.4, 0.5) is 0 Å². The number of carbonyl (C=O) groups is 2. The molecule has 1 heterocycles. The molecule has 3 rings (SSSR count). The Balaban J connectivity index is 1.93. The summed E-state index contributed by atoms with van der Waals surface area (Å²) in [5.41, 5.74) is 2.10. The van der Waals surface area contributed by atoms with Crippen molar-refractivity contribution in [2.24, 2.45) is 0 Å². The summed E-state index contributed by atoms with van der Waals surface area (Å²) >= 11 is 0. The molecule has 1 atom stereocenters. The molecule has 0 saturated heterocycles. The van der Waals surface area contributed by atoms with E-state index in [-0.39, 0.29) is 23.4 Å². The van der Waals surface area contributed by atoms with Crippen molar-refractivity contribution in [3.8, 4) is 0 Å². The van der Waals surface area contributed by atoms with Gasteiger partial charge >= 0.3 is 5.97 Å². The zero-order valence-corrected chi connectivity index (χ0v) is 14.4. The fourth-order valence-corrected chi connectivity index (χ4v) is 3.60. The van der Waals surface area contributed by atoms with Gasteiger partial charge in [-0.2, -0.15) is 0 Å². The molecule has 2 aromatic carbocycles. The summed E-state index contributed by atoms with van der Waals surface area (Å²) in [5.74, 6) is -1.49. The van der Waals surface area contributed by atoms with Crippen LogP contribution in [0.3, 0.4) is 0 Å². The predicted molar refractivity (Wildman–Crippen MR) is 91.0 cm³/mol. The molecule has 0 unspecified atom stereocenters. The van der Waals surface area contributed by atoms with Crippen LogP contribution < -0.4 is 0 Å². The molecular weight excluding hydrogens is 342 g/mol. The summed E-state index contributed by atoms with van der Waals surface area (Å²) in [4.78, 5) is 25.9. The Morgan fingerprint density at radius 3 is 2.20 bits per heavy atom. The Morgan fingerprint density at radius 1 is 1.04 bits per heavy atom. The second-order valence-electron chi connectivity index (χ2n) is 6.06. The quantitative estimate of drug-likeness (QED) is 0.901. The van der Waals surface area contributed by atoms with Gasteiger partial charge in [0.1, 0.15) is 6.04 Å². The van der Waals surface area contributed by atoms with Crippen LogP contribution >= 0.6 is 0 Å². The van der Waals surface area contributed by atoms with E-state index < -0.39 is 27.8 Å². The van der Waals surface area contributed by atoms with Crippen LogP contribution in [0.5, 0.6) is 0 Å². The molecule has 130 valence electrons. The summed E-state index contributed by atoms with van der Waals surface area (Å²) in [7, 11) is -3.35. The van der Waals surface area contributed by atoms with Gasteiger partial charge in [-0.25, -0.2) is 13.2 Å². The molecule has 25 heavy (non-hydrogen) atoms. The maximum atomic E-state index is 12.8. The van der Waals surface area contributed by atoms with Crippen LogP contribution in [0, 0.1) is 0 Å². The van der Waals surface area contributed by atoms with Crippen LogP contribution in [0.1, 0.15) is 21.5 Å². The first-order valence-electron chi connectivity index (χ1n) is 7.68. The van der Waals surface area contributed by atoms with Crippen LogP contribution in [-0.2, 0) is 27.6 Å². The number of carboxylic acid groups (broad SMARTS) is 1. The molecule has 1 amide bonds. The fraction of sp³-hybridized carbons (Fsp3) is 0.222. The van der Waals surface area contributed by atoms with Crippen molar-refractivity contribution in [3.63, 3.8) is 0 Å². The lowest BCUT2D eigenvalue weighted by Crippen LogP contribution is -2.48. The second-order valence-corrected chi connectivity index (χ2v) is 8.07. The van der Waals surface area contributed by atoms with E-state index >= 15 is 0 Å². The SMILES string of the molecule is CS(=O)(=O)c1ccc(C(=O)N2Cc3ccccc3C[C@H]2C(=O)O)cc1. The van der Waals surface area contributed by atoms with Crippen molar-refractivity contribution in [2.45, 2.75) is 23.9 Å². The summed E-state index contributed by atoms with van der Waals surface area (Å²) in [5, 5.41) is 9.51. The molecule has 6 nitrogen and oxygen atoms in total. The number of carbonyl (C=O) groups excluding carboxylic acids is 1. The van der Waals surface area contributed by atoms with Gasteiger partial charge in [0, 0.05) is 24.8 Å². The average Bonchev–Trinajstić information content (AvgIpc) is 2.59. The Hall–Kier alpha value is -2.67. The molecule has 7 heteroatoms. The Kier molecular flexibility index (Phi) is 4.34. The van der Waals surface area contributed by atoms with Crippen molar-refractivity contribution >= 4 is 21.7 Å². The standard InChI is InChI=1S/C18H17NO5S/c1-25(23,24)15-8-6-12(7-9-15)17(20)19-11-14-5-3-2-4-13(14)10-16(19)18(21)22/h2-9,16H,10-11H2,1H3,(H,21,22)/t16-/m0/s1. The lowest BCUT2D eigenvalue weighted by Gasteiger charge is -2.34. The molecular formula is C18H17NO5S. The monoisotopic (exact) mass is 359 g/mol. The second kappa shape index (κ2) is 6.33. The van der Waals surface area contributed by atoms with Crippen LogP contribution in [0.15, 0.2) is 53.4 Å². The highest BCUT2D eigenvalue weighted by Crippen LogP contribution is 2.25. The predicted octanol–water partition coefficient (Wildman–Crippen LogP) is 1.74. The van der Waals surface area contributed by atoms with Crippen molar-refractivity contribution in [3.05, 3.63) is 65.2 Å². The number of carboxylic acids is 1. The number of benzene rings is 2. The maximum Gasteiger partial charge on any atom is 0.326 e. The van der Waals surface area contributed by atoms with E-state index in [9.17, 15) is 23.1 Å². The first kappa shape index (κ1) is 17.2. The number of sulfone groups is 1. The van der Waals surface area contributed by atoms with Gasteiger partial charge in [0.15, 0.2) is 9.84 Å². The van der Waals surface area contributed by atoms with E-state index in [0.717, 1.165) is 17.4 Å². The zero-order valence-electron chi connectivity index (χ0n) is 13.5. The van der Waals surface area contributed by atoms with E-state index in [2.05, 4.69) is 0 Å². The summed E-state index contributed by atoms with van der Waals surface area (Å²) in [6.45, 7) is 0.208. The van der Waals surface area contributed by atoms with E-state index in [0.29, 0.717) is 0 Å². The summed E-state index contributed by atoms with van der Waals surface area (Å²) < 4.78 is 23.0. The zero-order chi connectivity index (χ0) is 18.2. The highest BCUT2D eigenvalue weighted by Gasteiger charge is 2.34. The highest BCUT2D eigenvalue weighted by molar-refractivity contribution is 7.90. The third kappa shape index (κ3) is 3.41. The molecule has 1 aliphatic heterocycles. The molecule has 1 N–H and O–H groups in total. The van der Waals surface area contributed by atoms with E-state index in [1.165, 1.54) is 29.2 Å². The van der Waals surface area contributed by atoms with Crippen molar-refractivity contribution in [2.75, 3.05) is 6.26 Å². The molecule has 0 aromatic heterocycles. The van der Waals surface area contributed by atoms with Crippen LogP contribution in [0.25, 0.3) is 0 Å². The Labute approximate surface area is 145 Å². The first-order chi connectivity index (χ1) is 11.8. The molecule has 0 spiro atoms. The smallest absolute Gasteiger partial charge is 0.326 e. The minimum absolute atomic E-state index is 0.114. The summed E-state index contributed by atoms with van der Waals surface area (Å²) in [6.07, 6.45) is 1.34. The topological polar surface area (TPSA) is 91.8 Å². The number of hydrogen-bond donors (Lipinski definition) is 1. The van der Waals surface area contributed by atoms with Crippen molar-refractivity contribution in [1.82, 2.24) is 4.90 Å². The van der Waals surface area contributed by atoms with Gasteiger partial charge in [-0.1, -0.05) is 24.3 Å². The lowest BCUT2D eigenvalue weighted by molar-refractivity contribution is -0.142. The number of nitrogens with zero attached hydrogens (tertiary/aromatic N) is 1. The minimum Gasteiger partial charge on any atom is -0.480 e. The highest BCUT2D eigenvalue weighted by atomic mass is 32.2. The molecule has 0 bridgehead atoms. The number of hydrogen-bond acceptors (Lipinski definition) is 4. The number of rotatable bonds is 3. The van der Waals surface area contributed by atoms with Crippen molar-refractivity contribution < 1.29 is 23.1 Å². The van der Waals surface area contributed by atoms with Gasteiger partial charge in [-0.05, 0) is 35.4 Å². The van der Waals surface area contributed by atoms with E-state index in [1.807, 2.05) is 24.3 Å². The Morgan fingerprint density at radius 2 is 1.64 bits per heavy atom. The molecule has 1 aliphatic rings. The molecule has 0 aliphatic carbocycles. The van der Waals surface area contributed by atoms with Gasteiger partial charge in [0.05, 0.1) is 4.90 Å². The van der Waals surface area contributed by atoms with Gasteiger partial charge in [-0.15, -0.1) is 0 Å². The van der Waals surface area contributed by atoms with E-state index in [4.69, 9.17) is 0 Å². The average molecular weight is 359 g/mol. The van der Waals surface area contributed by atoms with E-state index in [1.54, 1.807) is 0 Å². The molecule has 0 fully saturated rings. The number of fused-ring (bicyclic) bond motifs is 1. The van der Waals surface area contributed by atoms with Crippen LogP contribution in [0.2, 0.25) is 0 Å². The molecule has 0 radical (unpaired) electrons. The maximum absolute atomic E-state index is 12.8. The van der Waals surface area contributed by atoms with Gasteiger partial charge < -0.3 is 10.0 Å². The third-order valence-corrected chi connectivity index (χ3v) is 5.45. The van der Waals surface area contributed by atoms with Gasteiger partial charge in [-0.3, -0.25) is 4.79 Å². The van der Waals surface area contributed by atoms with Gasteiger partial charge in [0.25, 0.3) is 5.91 Å². The molecule has 2 aromatic rings. The molecule has 0 saturated carbocycles. The lowest BCUT2D eigenvalue weighted by atomic mass is 9.93. The normalized spacial score (nSPS) is 17.0.